The minimum absolute atomic E-state index is 0.00298. The Labute approximate surface area is 234 Å². The number of allylic oxidation sites excluding steroid dienone is 1. The number of Topliss-reactive ketones (excluding diaryl/α,β-unsaturated/α-hetero) is 1. The third-order valence-corrected chi connectivity index (χ3v) is 6.43. The van der Waals surface area contributed by atoms with Crippen molar-refractivity contribution in [2.24, 2.45) is 16.6 Å². The number of nitro groups is 1. The Balaban J connectivity index is 0.00000216. The Morgan fingerprint density at radius 1 is 1.12 bits per heavy atom. The van der Waals surface area contributed by atoms with E-state index >= 15 is 0 Å². The molecule has 2 aliphatic rings. The number of ketones is 1. The first-order valence-corrected chi connectivity index (χ1v) is 13.6. The fraction of sp³-hybridized carbons (Fsp3) is 0.433. The van der Waals surface area contributed by atoms with Crippen molar-refractivity contribution in [3.05, 3.63) is 75.5 Å². The molecule has 2 aromatic carbocycles. The fourth-order valence-corrected chi connectivity index (χ4v) is 4.66. The van der Waals surface area contributed by atoms with E-state index in [9.17, 15) is 19.7 Å². The smallest absolute Gasteiger partial charge is 0.431 e. The number of fused-ring (bicyclic) bond motifs is 1. The first kappa shape index (κ1) is 30.3. The molecule has 10 heteroatoms. The van der Waals surface area contributed by atoms with Crippen LogP contribution in [-0.4, -0.2) is 34.3 Å². The van der Waals surface area contributed by atoms with E-state index in [2.05, 4.69) is 5.32 Å². The van der Waals surface area contributed by atoms with Gasteiger partial charge in [-0.3, -0.25) is 19.9 Å². The second-order valence-electron chi connectivity index (χ2n) is 10.6. The van der Waals surface area contributed by atoms with Gasteiger partial charge in [0.2, 0.25) is 0 Å². The van der Waals surface area contributed by atoms with Crippen LogP contribution in [0.15, 0.2) is 59.2 Å². The van der Waals surface area contributed by atoms with Crippen LogP contribution in [-0.2, 0) is 11.2 Å². The van der Waals surface area contributed by atoms with Crippen molar-refractivity contribution in [1.29, 1.82) is 0 Å². The minimum Gasteiger partial charge on any atom is -0.431 e. The molecule has 1 saturated carbocycles. The predicted octanol–water partition coefficient (Wildman–Crippen LogP) is 6.59. The zero-order valence-electron chi connectivity index (χ0n) is 23.7. The van der Waals surface area contributed by atoms with Crippen molar-refractivity contribution < 1.29 is 24.0 Å². The quantitative estimate of drug-likeness (QED) is 0.102. The first-order chi connectivity index (χ1) is 19.0. The molecule has 0 spiro atoms. The van der Waals surface area contributed by atoms with Gasteiger partial charge < -0.3 is 20.5 Å². The number of aryl methyl sites for hydroxylation is 1. The summed E-state index contributed by atoms with van der Waals surface area (Å²) in [6.45, 7) is 9.99. The number of non-ortho nitro benzene ring substituents is 1. The molecular formula is C30H38N4O6. The molecule has 2 unspecified atom stereocenters. The van der Waals surface area contributed by atoms with Gasteiger partial charge in [-0.25, -0.2) is 4.79 Å². The summed E-state index contributed by atoms with van der Waals surface area (Å²) in [6, 6.07) is 10.9. The molecule has 1 fully saturated rings. The number of amidine groups is 1. The second-order valence-corrected chi connectivity index (χ2v) is 10.6. The number of ether oxygens (including phenoxy) is 2. The maximum Gasteiger partial charge on any atom is 0.514 e. The van der Waals surface area contributed by atoms with E-state index in [1.165, 1.54) is 24.3 Å². The van der Waals surface area contributed by atoms with Crippen molar-refractivity contribution in [1.82, 2.24) is 0 Å². The van der Waals surface area contributed by atoms with Crippen LogP contribution < -0.4 is 15.8 Å². The molecular weight excluding hydrogens is 512 g/mol. The molecule has 2 aliphatic carbocycles. The summed E-state index contributed by atoms with van der Waals surface area (Å²) in [5, 5.41) is 14.1. The van der Waals surface area contributed by atoms with Gasteiger partial charge in [0.05, 0.1) is 10.5 Å². The number of anilines is 1. The molecule has 214 valence electrons. The lowest BCUT2D eigenvalue weighted by Crippen LogP contribution is -2.22. The molecule has 4 rings (SSSR count). The molecule has 0 bridgehead atoms. The number of aliphatic imine (C=N–C) groups is 1. The first-order valence-electron chi connectivity index (χ1n) is 13.6. The second kappa shape index (κ2) is 13.2. The van der Waals surface area contributed by atoms with Crippen LogP contribution in [0.25, 0.3) is 0 Å². The molecule has 2 atom stereocenters. The van der Waals surface area contributed by atoms with Crippen molar-refractivity contribution >= 4 is 29.1 Å². The van der Waals surface area contributed by atoms with E-state index in [0.29, 0.717) is 30.8 Å². The molecule has 3 N–H and O–H groups in total. The monoisotopic (exact) mass is 550 g/mol. The van der Waals surface area contributed by atoms with Crippen LogP contribution in [0, 0.1) is 16.0 Å². The molecule has 0 radical (unpaired) electrons. The summed E-state index contributed by atoms with van der Waals surface area (Å²) in [4.78, 5) is 39.2. The summed E-state index contributed by atoms with van der Waals surface area (Å²) in [6.07, 6.45) is 3.80. The van der Waals surface area contributed by atoms with Crippen LogP contribution in [0.3, 0.4) is 0 Å². The predicted molar refractivity (Wildman–Crippen MR) is 155 cm³/mol. The Bertz CT molecular complexity index is 1290. The number of nitrogens with one attached hydrogen (secondary N) is 1. The highest BCUT2D eigenvalue weighted by atomic mass is 16.7. The van der Waals surface area contributed by atoms with E-state index in [-0.39, 0.29) is 34.8 Å². The number of rotatable bonds is 6. The van der Waals surface area contributed by atoms with Crippen LogP contribution in [0.1, 0.15) is 76.2 Å². The van der Waals surface area contributed by atoms with Crippen LogP contribution in [0.2, 0.25) is 0 Å². The lowest BCUT2D eigenvalue weighted by atomic mass is 10.0. The summed E-state index contributed by atoms with van der Waals surface area (Å²) >= 11 is 0. The number of nitrogens with zero attached hydrogens (tertiary/aromatic N) is 2. The Hall–Kier alpha value is -4.21. The van der Waals surface area contributed by atoms with Gasteiger partial charge in [0.1, 0.15) is 17.7 Å². The Morgan fingerprint density at radius 2 is 1.82 bits per heavy atom. The van der Waals surface area contributed by atoms with E-state index in [4.69, 9.17) is 20.2 Å². The average Bonchev–Trinajstić information content (AvgIpc) is 3.51. The standard InChI is InChI=1S/C28H32N4O6.C2H6/c1-28(2,3)31-26(30-19-6-12-23-17(14-19)5-13-25(23)33)16-24(29)18-4-9-22(15-18)38-27(34)37-21-10-7-20(8-11-21)32(35)36;1-2/h6-8,10-12,14,16,18,22H,4-5,9,13,15,29H2,1-3H3,(H,30,31);1-2H3/b24-16-;. The largest absolute Gasteiger partial charge is 0.514 e. The number of hydrogen-bond donors (Lipinski definition) is 2. The lowest BCUT2D eigenvalue weighted by molar-refractivity contribution is -0.384. The summed E-state index contributed by atoms with van der Waals surface area (Å²) in [5.41, 5.74) is 9.32. The van der Waals surface area contributed by atoms with Crippen molar-refractivity contribution in [3.63, 3.8) is 0 Å². The molecule has 0 amide bonds. The van der Waals surface area contributed by atoms with Gasteiger partial charge in [-0.1, -0.05) is 13.8 Å². The number of hydrogen-bond acceptors (Lipinski definition) is 8. The molecule has 0 aromatic heterocycles. The topological polar surface area (TPSA) is 146 Å². The van der Waals surface area contributed by atoms with Crippen LogP contribution in [0.5, 0.6) is 5.75 Å². The summed E-state index contributed by atoms with van der Waals surface area (Å²) in [5.74, 6) is 0.950. The molecule has 2 aromatic rings. The van der Waals surface area contributed by atoms with Gasteiger partial charge in [-0.2, -0.15) is 0 Å². The van der Waals surface area contributed by atoms with Gasteiger partial charge in [-0.05, 0) is 88.4 Å². The highest BCUT2D eigenvalue weighted by molar-refractivity contribution is 6.05. The van der Waals surface area contributed by atoms with Gasteiger partial charge in [-0.15, -0.1) is 0 Å². The number of nitro benzene ring substituents is 1. The third-order valence-electron chi connectivity index (χ3n) is 6.43. The Kier molecular flexibility index (Phi) is 10.0. The van der Waals surface area contributed by atoms with Crippen LogP contribution in [0.4, 0.5) is 16.2 Å². The summed E-state index contributed by atoms with van der Waals surface area (Å²) < 4.78 is 10.6. The number of nitrogens with two attached hydrogens (primary N) is 1. The lowest BCUT2D eigenvalue weighted by Gasteiger charge is -2.18. The highest BCUT2D eigenvalue weighted by Crippen LogP contribution is 2.32. The normalized spacial score (nSPS) is 18.9. The van der Waals surface area contributed by atoms with E-state index in [1.807, 2.05) is 58.9 Å². The number of carbonyl (C=O) groups excluding carboxylic acids is 2. The number of benzene rings is 2. The number of carbonyl (C=O) groups is 2. The van der Waals surface area contributed by atoms with Crippen LogP contribution >= 0.6 is 0 Å². The van der Waals surface area contributed by atoms with E-state index in [1.54, 1.807) is 0 Å². The van der Waals surface area contributed by atoms with Crippen molar-refractivity contribution in [2.45, 2.75) is 78.4 Å². The fourth-order valence-electron chi connectivity index (χ4n) is 4.66. The molecule has 40 heavy (non-hydrogen) atoms. The highest BCUT2D eigenvalue weighted by Gasteiger charge is 2.30. The summed E-state index contributed by atoms with van der Waals surface area (Å²) in [7, 11) is 0. The third kappa shape index (κ3) is 8.39. The minimum atomic E-state index is -0.862. The zero-order valence-corrected chi connectivity index (χ0v) is 23.7. The molecule has 10 nitrogen and oxygen atoms in total. The van der Waals surface area contributed by atoms with Gasteiger partial charge in [0.15, 0.2) is 5.78 Å². The maximum atomic E-state index is 12.2. The van der Waals surface area contributed by atoms with Gasteiger partial charge >= 0.3 is 6.16 Å². The maximum absolute atomic E-state index is 12.2. The van der Waals surface area contributed by atoms with E-state index in [0.717, 1.165) is 29.7 Å². The van der Waals surface area contributed by atoms with E-state index < -0.39 is 11.1 Å². The SMILES string of the molecule is CC.CC(C)(C)N=C(/C=C(\N)C1CCC(OC(=O)Oc2ccc([N+](=O)[O-])cc2)C1)Nc1ccc2c(c1)CCC2=O. The molecule has 0 aliphatic heterocycles. The van der Waals surface area contributed by atoms with Crippen molar-refractivity contribution in [3.8, 4) is 5.75 Å². The Morgan fingerprint density at radius 3 is 2.48 bits per heavy atom. The van der Waals surface area contributed by atoms with Gasteiger partial charge in [0, 0.05) is 41.4 Å². The molecule has 0 heterocycles. The molecule has 0 saturated heterocycles. The van der Waals surface area contributed by atoms with Gasteiger partial charge in [0.25, 0.3) is 5.69 Å². The zero-order chi connectivity index (χ0) is 29.4. The average molecular weight is 551 g/mol. The van der Waals surface area contributed by atoms with Crippen molar-refractivity contribution in [2.75, 3.05) is 5.32 Å².